The van der Waals surface area contributed by atoms with Crippen LogP contribution in [0.2, 0.25) is 0 Å². The molecule has 0 amide bonds. The molecule has 8 heteroatoms. The number of aryl methyl sites for hydroxylation is 1. The third-order valence-electron chi connectivity index (χ3n) is 6.32. The minimum Gasteiger partial charge on any atom is -0.379 e. The number of nitrogens with zero attached hydrogens (tertiary/aromatic N) is 2. The molecule has 7 nitrogen and oxygen atoms in total. The van der Waals surface area contributed by atoms with E-state index in [0.29, 0.717) is 18.2 Å². The van der Waals surface area contributed by atoms with E-state index in [1.54, 1.807) is 0 Å². The van der Waals surface area contributed by atoms with Crippen molar-refractivity contribution in [3.8, 4) is 0 Å². The summed E-state index contributed by atoms with van der Waals surface area (Å²) in [6, 6.07) is 8.07. The third-order valence-corrected chi connectivity index (χ3v) is 6.73. The molecule has 2 aromatic rings. The molecule has 0 spiro atoms. The predicted octanol–water partition coefficient (Wildman–Crippen LogP) is 2.41. The van der Waals surface area contributed by atoms with Crippen LogP contribution in [0.5, 0.6) is 0 Å². The van der Waals surface area contributed by atoms with E-state index in [1.165, 1.54) is 0 Å². The molecule has 1 aromatic heterocycles. The van der Waals surface area contributed by atoms with Crippen LogP contribution in [0.1, 0.15) is 30.4 Å². The number of nitrogens with one attached hydrogen (secondary N) is 2. The summed E-state index contributed by atoms with van der Waals surface area (Å²) in [5.74, 6) is 0. The van der Waals surface area contributed by atoms with Crippen molar-refractivity contribution < 1.29 is 9.47 Å². The van der Waals surface area contributed by atoms with Crippen LogP contribution < -0.4 is 10.9 Å². The number of para-hydroxylation sites is 1. The number of pyridine rings is 1. The number of H-pyrrole nitrogens is 1. The molecule has 3 heterocycles. The number of hydrogen-bond donors (Lipinski definition) is 2. The van der Waals surface area contributed by atoms with Crippen molar-refractivity contribution in [2.24, 2.45) is 0 Å². The highest BCUT2D eigenvalue weighted by Gasteiger charge is 2.19. The van der Waals surface area contributed by atoms with Gasteiger partial charge in [-0.2, -0.15) is 0 Å². The van der Waals surface area contributed by atoms with Gasteiger partial charge in [0.2, 0.25) is 0 Å². The lowest BCUT2D eigenvalue weighted by molar-refractivity contribution is 0.0367. The van der Waals surface area contributed by atoms with Crippen molar-refractivity contribution in [2.45, 2.75) is 38.8 Å². The highest BCUT2D eigenvalue weighted by atomic mass is 32.1. The topological polar surface area (TPSA) is 69.8 Å². The zero-order valence-electron chi connectivity index (χ0n) is 18.9. The van der Waals surface area contributed by atoms with Crippen molar-refractivity contribution in [3.63, 3.8) is 0 Å². The lowest BCUT2D eigenvalue weighted by Gasteiger charge is -2.30. The second-order valence-corrected chi connectivity index (χ2v) is 9.10. The minimum absolute atomic E-state index is 0.0492. The Kier molecular flexibility index (Phi) is 8.13. The van der Waals surface area contributed by atoms with Gasteiger partial charge in [0.25, 0.3) is 5.56 Å². The van der Waals surface area contributed by atoms with Crippen LogP contribution in [-0.2, 0) is 16.0 Å². The molecule has 4 rings (SSSR count). The van der Waals surface area contributed by atoms with Gasteiger partial charge >= 0.3 is 0 Å². The van der Waals surface area contributed by atoms with Crippen LogP contribution in [0.25, 0.3) is 10.9 Å². The maximum Gasteiger partial charge on any atom is 0.253 e. The van der Waals surface area contributed by atoms with E-state index in [1.807, 2.05) is 31.2 Å². The van der Waals surface area contributed by atoms with Crippen molar-refractivity contribution in [2.75, 3.05) is 52.5 Å². The summed E-state index contributed by atoms with van der Waals surface area (Å²) in [4.78, 5) is 20.5. The zero-order chi connectivity index (χ0) is 22.3. The van der Waals surface area contributed by atoms with Gasteiger partial charge in [-0.05, 0) is 55.4 Å². The van der Waals surface area contributed by atoms with Gasteiger partial charge in [-0.1, -0.05) is 18.2 Å². The normalized spacial score (nSPS) is 19.3. The monoisotopic (exact) mass is 458 g/mol. The fourth-order valence-corrected chi connectivity index (χ4v) is 4.67. The van der Waals surface area contributed by atoms with Crippen LogP contribution in [0, 0.1) is 6.92 Å². The summed E-state index contributed by atoms with van der Waals surface area (Å²) in [6.07, 6.45) is 3.37. The predicted molar refractivity (Wildman–Crippen MR) is 131 cm³/mol. The number of thiocarbonyl (C=S) groups is 1. The van der Waals surface area contributed by atoms with Gasteiger partial charge in [-0.3, -0.25) is 9.69 Å². The lowest BCUT2D eigenvalue weighted by atomic mass is 10.1. The summed E-state index contributed by atoms with van der Waals surface area (Å²) in [6.45, 7) is 9.40. The average Bonchev–Trinajstić information content (AvgIpc) is 3.32. The first kappa shape index (κ1) is 23.2. The van der Waals surface area contributed by atoms with Gasteiger partial charge in [0.05, 0.1) is 31.4 Å². The highest BCUT2D eigenvalue weighted by molar-refractivity contribution is 7.80. The average molecular weight is 459 g/mol. The highest BCUT2D eigenvalue weighted by Crippen LogP contribution is 2.16. The fraction of sp³-hybridized carbons (Fsp3) is 0.583. The molecular formula is C24H34N4O3S. The summed E-state index contributed by atoms with van der Waals surface area (Å²) in [5, 5.41) is 5.12. The minimum atomic E-state index is -0.0492. The Hall–Kier alpha value is -2.00. The molecule has 2 N–H and O–H groups in total. The van der Waals surface area contributed by atoms with Gasteiger partial charge in [-0.25, -0.2) is 0 Å². The van der Waals surface area contributed by atoms with E-state index in [0.717, 1.165) is 87.3 Å². The number of morpholine rings is 1. The summed E-state index contributed by atoms with van der Waals surface area (Å²) < 4.78 is 11.2. The van der Waals surface area contributed by atoms with E-state index in [-0.39, 0.29) is 11.7 Å². The van der Waals surface area contributed by atoms with E-state index in [4.69, 9.17) is 21.7 Å². The number of ether oxygens (including phenoxy) is 2. The molecule has 0 aliphatic carbocycles. The molecular weight excluding hydrogens is 424 g/mol. The molecule has 174 valence electrons. The van der Waals surface area contributed by atoms with Crippen LogP contribution in [0.15, 0.2) is 29.1 Å². The number of aromatic nitrogens is 1. The standard InChI is InChI=1S/C24H34N4O3S/c1-18-5-2-6-19-15-20(23(29)26-22(18)19)17-28(9-4-8-27-10-13-30-14-11-27)24(32)25-16-21-7-3-12-31-21/h2,5-6,15,21H,3-4,7-14,16-17H2,1H3,(H,25,32)(H,26,29). The van der Waals surface area contributed by atoms with Crippen LogP contribution >= 0.6 is 12.2 Å². The molecule has 2 aliphatic heterocycles. The van der Waals surface area contributed by atoms with Crippen LogP contribution in [-0.4, -0.2) is 78.5 Å². The third kappa shape index (κ3) is 6.07. The van der Waals surface area contributed by atoms with Crippen LogP contribution in [0.4, 0.5) is 0 Å². The lowest BCUT2D eigenvalue weighted by Crippen LogP contribution is -2.44. The van der Waals surface area contributed by atoms with E-state index >= 15 is 0 Å². The number of benzene rings is 1. The second kappa shape index (κ2) is 11.2. The second-order valence-electron chi connectivity index (χ2n) is 8.71. The Morgan fingerprint density at radius 2 is 2.16 bits per heavy atom. The van der Waals surface area contributed by atoms with E-state index in [2.05, 4.69) is 20.1 Å². The van der Waals surface area contributed by atoms with Crippen molar-refractivity contribution in [1.82, 2.24) is 20.1 Å². The molecule has 2 fully saturated rings. The summed E-state index contributed by atoms with van der Waals surface area (Å²) >= 11 is 5.75. The fourth-order valence-electron chi connectivity index (χ4n) is 4.43. The van der Waals surface area contributed by atoms with Crippen molar-refractivity contribution >= 4 is 28.2 Å². The first-order chi connectivity index (χ1) is 15.6. The molecule has 0 bridgehead atoms. The number of rotatable bonds is 8. The smallest absolute Gasteiger partial charge is 0.253 e. The van der Waals surface area contributed by atoms with Crippen LogP contribution in [0.3, 0.4) is 0 Å². The van der Waals surface area contributed by atoms with Gasteiger partial charge in [0, 0.05) is 44.9 Å². The molecule has 0 saturated carbocycles. The summed E-state index contributed by atoms with van der Waals surface area (Å²) in [7, 11) is 0. The Labute approximate surface area is 195 Å². The first-order valence-corrected chi connectivity index (χ1v) is 12.1. The van der Waals surface area contributed by atoms with E-state index < -0.39 is 0 Å². The maximum atomic E-state index is 12.8. The SMILES string of the molecule is Cc1cccc2cc(CN(CCCN3CCOCC3)C(=S)NCC3CCCO3)c(=O)[nH]c12. The molecule has 1 aromatic carbocycles. The largest absolute Gasteiger partial charge is 0.379 e. The molecule has 1 unspecified atom stereocenters. The van der Waals surface area contributed by atoms with Gasteiger partial charge in [0.15, 0.2) is 5.11 Å². The van der Waals surface area contributed by atoms with Crippen molar-refractivity contribution in [1.29, 1.82) is 0 Å². The van der Waals surface area contributed by atoms with Gasteiger partial charge in [-0.15, -0.1) is 0 Å². The Morgan fingerprint density at radius 1 is 1.31 bits per heavy atom. The zero-order valence-corrected chi connectivity index (χ0v) is 19.7. The Bertz CT molecular complexity index is 967. The summed E-state index contributed by atoms with van der Waals surface area (Å²) in [5.41, 5.74) is 2.66. The number of fused-ring (bicyclic) bond motifs is 1. The van der Waals surface area contributed by atoms with Crippen molar-refractivity contribution in [3.05, 3.63) is 45.7 Å². The quantitative estimate of drug-likeness (QED) is 0.589. The van der Waals surface area contributed by atoms with E-state index in [9.17, 15) is 4.79 Å². The molecule has 2 saturated heterocycles. The number of aromatic amines is 1. The number of hydrogen-bond acceptors (Lipinski definition) is 5. The molecule has 0 radical (unpaired) electrons. The van der Waals surface area contributed by atoms with Gasteiger partial charge in [0.1, 0.15) is 0 Å². The molecule has 1 atom stereocenters. The maximum absolute atomic E-state index is 12.8. The van der Waals surface area contributed by atoms with Gasteiger partial charge < -0.3 is 24.7 Å². The molecule has 2 aliphatic rings. The Morgan fingerprint density at radius 3 is 2.94 bits per heavy atom. The Balaban J connectivity index is 1.44. The first-order valence-electron chi connectivity index (χ1n) is 11.7. The molecule has 32 heavy (non-hydrogen) atoms.